The molecule has 0 N–H and O–H groups in total. The molecular formula is C21H20ClNO3. The summed E-state index contributed by atoms with van der Waals surface area (Å²) in [5.74, 6) is 1.19. The number of rotatable bonds is 4. The van der Waals surface area contributed by atoms with Crippen molar-refractivity contribution in [3.05, 3.63) is 70.8 Å². The van der Waals surface area contributed by atoms with Gasteiger partial charge >= 0.3 is 0 Å². The molecule has 0 fully saturated rings. The van der Waals surface area contributed by atoms with Crippen molar-refractivity contribution in [3.63, 3.8) is 0 Å². The fourth-order valence-electron chi connectivity index (χ4n) is 3.02. The van der Waals surface area contributed by atoms with Gasteiger partial charge in [0.2, 0.25) is 0 Å². The predicted molar refractivity (Wildman–Crippen MR) is 104 cm³/mol. The van der Waals surface area contributed by atoms with Crippen LogP contribution in [0.2, 0.25) is 5.02 Å². The van der Waals surface area contributed by atoms with E-state index in [1.807, 2.05) is 30.3 Å². The second-order valence-electron chi connectivity index (χ2n) is 5.94. The largest absolute Gasteiger partial charge is 0.493 e. The number of halogens is 1. The average molecular weight is 370 g/mol. The number of hydrogen-bond acceptors (Lipinski definition) is 3. The summed E-state index contributed by atoms with van der Waals surface area (Å²) in [4.78, 5) is 14.3. The minimum absolute atomic E-state index is 0.115. The Labute approximate surface area is 158 Å². The van der Waals surface area contributed by atoms with Gasteiger partial charge in [-0.3, -0.25) is 4.79 Å². The smallest absolute Gasteiger partial charge is 0.250 e. The second-order valence-corrected chi connectivity index (χ2v) is 6.38. The highest BCUT2D eigenvalue weighted by molar-refractivity contribution is 6.30. The molecule has 0 bridgehead atoms. The summed E-state index contributed by atoms with van der Waals surface area (Å²) in [5.41, 5.74) is 3.53. The maximum Gasteiger partial charge on any atom is 0.250 e. The van der Waals surface area contributed by atoms with Crippen LogP contribution < -0.4 is 9.47 Å². The van der Waals surface area contributed by atoms with E-state index in [1.54, 1.807) is 37.3 Å². The van der Waals surface area contributed by atoms with Crippen molar-refractivity contribution in [2.24, 2.45) is 0 Å². The number of methoxy groups -OCH3 is 2. The van der Waals surface area contributed by atoms with E-state index < -0.39 is 0 Å². The van der Waals surface area contributed by atoms with Gasteiger partial charge in [0.25, 0.3) is 5.91 Å². The van der Waals surface area contributed by atoms with Crippen LogP contribution in [0, 0.1) is 0 Å². The summed E-state index contributed by atoms with van der Waals surface area (Å²) in [6, 6.07) is 11.2. The number of hydrogen-bond donors (Lipinski definition) is 0. The van der Waals surface area contributed by atoms with Crippen LogP contribution in [0.15, 0.2) is 49.1 Å². The fraction of sp³-hybridized carbons (Fsp3) is 0.190. The van der Waals surface area contributed by atoms with Gasteiger partial charge in [-0.2, -0.15) is 0 Å². The predicted octanol–water partition coefficient (Wildman–Crippen LogP) is 4.43. The molecule has 2 aromatic rings. The Kier molecular flexibility index (Phi) is 5.33. The SMILES string of the molecule is C=C1c2cc(OC)c(OC)cc2CCN1C(=O)C=Cc1cccc(Cl)c1. The van der Waals surface area contributed by atoms with Crippen molar-refractivity contribution in [2.75, 3.05) is 20.8 Å². The van der Waals surface area contributed by atoms with Gasteiger partial charge in [0.05, 0.1) is 14.2 Å². The van der Waals surface area contributed by atoms with Crippen LogP contribution in [0.1, 0.15) is 16.7 Å². The first-order valence-corrected chi connectivity index (χ1v) is 8.60. The van der Waals surface area contributed by atoms with Crippen LogP contribution in [0.3, 0.4) is 0 Å². The highest BCUT2D eigenvalue weighted by atomic mass is 35.5. The third-order valence-corrected chi connectivity index (χ3v) is 4.62. The number of carbonyl (C=O) groups is 1. The molecule has 1 aliphatic rings. The Hall–Kier alpha value is -2.72. The normalized spacial score (nSPS) is 13.7. The lowest BCUT2D eigenvalue weighted by atomic mass is 9.96. The molecule has 1 heterocycles. The maximum atomic E-state index is 12.6. The molecule has 5 heteroatoms. The summed E-state index contributed by atoms with van der Waals surface area (Å²) in [6.45, 7) is 4.68. The van der Waals surface area contributed by atoms with Crippen LogP contribution in [-0.4, -0.2) is 31.6 Å². The van der Waals surface area contributed by atoms with Gasteiger partial charge in [-0.25, -0.2) is 0 Å². The Morgan fingerprint density at radius 1 is 1.19 bits per heavy atom. The number of carbonyl (C=O) groups excluding carboxylic acids is 1. The Morgan fingerprint density at radius 2 is 1.92 bits per heavy atom. The van der Waals surface area contributed by atoms with Crippen molar-refractivity contribution in [1.82, 2.24) is 4.90 Å². The van der Waals surface area contributed by atoms with E-state index in [1.165, 1.54) is 0 Å². The van der Waals surface area contributed by atoms with E-state index in [4.69, 9.17) is 21.1 Å². The molecule has 26 heavy (non-hydrogen) atoms. The molecule has 134 valence electrons. The monoisotopic (exact) mass is 369 g/mol. The van der Waals surface area contributed by atoms with Gasteiger partial charge in [-0.15, -0.1) is 0 Å². The van der Waals surface area contributed by atoms with Crippen molar-refractivity contribution in [1.29, 1.82) is 0 Å². The standard InChI is InChI=1S/C21H20ClNO3/c1-14-18-13-20(26-3)19(25-2)12-16(18)9-10-23(14)21(24)8-7-15-5-4-6-17(22)11-15/h4-8,11-13H,1,9-10H2,2-3H3. The van der Waals surface area contributed by atoms with E-state index in [-0.39, 0.29) is 5.91 Å². The van der Waals surface area contributed by atoms with Gasteiger partial charge in [0.1, 0.15) is 0 Å². The molecule has 0 saturated heterocycles. The lowest BCUT2D eigenvalue weighted by Gasteiger charge is -2.30. The minimum Gasteiger partial charge on any atom is -0.493 e. The van der Waals surface area contributed by atoms with Gasteiger partial charge < -0.3 is 14.4 Å². The number of fused-ring (bicyclic) bond motifs is 1. The third-order valence-electron chi connectivity index (χ3n) is 4.38. The number of nitrogens with zero attached hydrogens (tertiary/aromatic N) is 1. The van der Waals surface area contributed by atoms with E-state index >= 15 is 0 Å². The van der Waals surface area contributed by atoms with Gasteiger partial charge in [0.15, 0.2) is 11.5 Å². The summed E-state index contributed by atoms with van der Waals surface area (Å²) in [7, 11) is 3.20. The summed E-state index contributed by atoms with van der Waals surface area (Å²) in [5, 5.41) is 0.636. The Balaban J connectivity index is 1.83. The second kappa shape index (κ2) is 7.67. The quantitative estimate of drug-likeness (QED) is 0.748. The van der Waals surface area contributed by atoms with Crippen molar-refractivity contribution in [3.8, 4) is 11.5 Å². The molecule has 2 aromatic carbocycles. The molecule has 0 spiro atoms. The van der Waals surface area contributed by atoms with E-state index in [0.29, 0.717) is 28.8 Å². The molecule has 4 nitrogen and oxygen atoms in total. The minimum atomic E-state index is -0.115. The van der Waals surface area contributed by atoms with Gasteiger partial charge in [0, 0.05) is 28.9 Å². The average Bonchev–Trinajstić information content (AvgIpc) is 2.65. The van der Waals surface area contributed by atoms with Crippen LogP contribution in [0.5, 0.6) is 11.5 Å². The van der Waals surface area contributed by atoms with Gasteiger partial charge in [-0.05, 0) is 47.9 Å². The number of amides is 1. The molecule has 0 saturated carbocycles. The van der Waals surface area contributed by atoms with Crippen LogP contribution in [0.25, 0.3) is 11.8 Å². The molecule has 1 amide bonds. The molecule has 0 aliphatic carbocycles. The highest BCUT2D eigenvalue weighted by Crippen LogP contribution is 2.37. The molecular weight excluding hydrogens is 350 g/mol. The summed E-state index contributed by atoms with van der Waals surface area (Å²) in [6.07, 6.45) is 4.03. The van der Waals surface area contributed by atoms with Crippen LogP contribution >= 0.6 is 11.6 Å². The summed E-state index contributed by atoms with van der Waals surface area (Å²) >= 11 is 5.98. The molecule has 1 aliphatic heterocycles. The lowest BCUT2D eigenvalue weighted by molar-refractivity contribution is -0.123. The first-order valence-electron chi connectivity index (χ1n) is 8.23. The molecule has 3 rings (SSSR count). The molecule has 0 radical (unpaired) electrons. The first-order chi connectivity index (χ1) is 12.5. The fourth-order valence-corrected chi connectivity index (χ4v) is 3.22. The van der Waals surface area contributed by atoms with Crippen molar-refractivity contribution in [2.45, 2.75) is 6.42 Å². The molecule has 0 aromatic heterocycles. The Bertz CT molecular complexity index is 889. The lowest BCUT2D eigenvalue weighted by Crippen LogP contribution is -2.33. The summed E-state index contributed by atoms with van der Waals surface area (Å²) < 4.78 is 10.7. The Morgan fingerprint density at radius 3 is 2.62 bits per heavy atom. The third kappa shape index (κ3) is 3.60. The van der Waals surface area contributed by atoms with E-state index in [9.17, 15) is 4.79 Å². The zero-order valence-corrected chi connectivity index (χ0v) is 15.5. The zero-order chi connectivity index (χ0) is 18.7. The van der Waals surface area contributed by atoms with Crippen LogP contribution in [-0.2, 0) is 11.2 Å². The zero-order valence-electron chi connectivity index (χ0n) is 14.8. The molecule has 0 atom stereocenters. The number of ether oxygens (including phenoxy) is 2. The van der Waals surface area contributed by atoms with Gasteiger partial charge in [-0.1, -0.05) is 30.3 Å². The van der Waals surface area contributed by atoms with Crippen LogP contribution in [0.4, 0.5) is 0 Å². The van der Waals surface area contributed by atoms with Crippen molar-refractivity contribution < 1.29 is 14.3 Å². The maximum absolute atomic E-state index is 12.6. The first kappa shape index (κ1) is 18.1. The highest BCUT2D eigenvalue weighted by Gasteiger charge is 2.25. The van der Waals surface area contributed by atoms with E-state index in [2.05, 4.69) is 6.58 Å². The number of benzene rings is 2. The van der Waals surface area contributed by atoms with E-state index in [0.717, 1.165) is 23.1 Å². The topological polar surface area (TPSA) is 38.8 Å². The molecule has 0 unspecified atom stereocenters. The van der Waals surface area contributed by atoms with Crippen molar-refractivity contribution >= 4 is 29.3 Å².